The average Bonchev–Trinajstić information content (AvgIpc) is 2.88. The number of hydrogen-bond donors (Lipinski definition) is 1. The minimum absolute atomic E-state index is 0.0507. The molecule has 0 atom stereocenters. The predicted octanol–water partition coefficient (Wildman–Crippen LogP) is 3.01. The van der Waals surface area contributed by atoms with Gasteiger partial charge < -0.3 is 0 Å². The molecule has 0 spiro atoms. The zero-order valence-corrected chi connectivity index (χ0v) is 16.2. The lowest BCUT2D eigenvalue weighted by molar-refractivity contribution is 0.198. The maximum atomic E-state index is 12.6. The highest BCUT2D eigenvalue weighted by Gasteiger charge is 2.28. The van der Waals surface area contributed by atoms with Crippen LogP contribution in [0.1, 0.15) is 44.1 Å². The zero-order chi connectivity index (χ0) is 17.7. The molecule has 0 unspecified atom stereocenters. The second-order valence-corrected chi connectivity index (χ2v) is 9.25. The summed E-state index contributed by atoms with van der Waals surface area (Å²) in [5, 5.41) is 0.755. The molecule has 0 amide bonds. The Hall–Kier alpha value is -0.660. The van der Waals surface area contributed by atoms with Crippen LogP contribution in [0.15, 0.2) is 24.3 Å². The van der Waals surface area contributed by atoms with Crippen LogP contribution < -0.4 is 4.72 Å². The van der Waals surface area contributed by atoms with E-state index in [0.29, 0.717) is 13.1 Å². The number of likely N-dealkylation sites (tertiary alicyclic amines) is 1. The highest BCUT2D eigenvalue weighted by Crippen LogP contribution is 2.18. The number of halogens is 1. The lowest BCUT2D eigenvalue weighted by atomic mass is 10.1. The summed E-state index contributed by atoms with van der Waals surface area (Å²) < 4.78 is 29.8. The van der Waals surface area contributed by atoms with Crippen LogP contribution in [0.4, 0.5) is 0 Å². The maximum Gasteiger partial charge on any atom is 0.279 e. The van der Waals surface area contributed by atoms with E-state index in [1.54, 1.807) is 4.31 Å². The fourth-order valence-corrected chi connectivity index (χ4v) is 5.30. The zero-order valence-electron chi connectivity index (χ0n) is 14.7. The first-order chi connectivity index (χ1) is 12.0. The van der Waals surface area contributed by atoms with Crippen molar-refractivity contribution >= 4 is 21.8 Å². The molecule has 0 aliphatic carbocycles. The molecule has 2 heterocycles. The molecule has 1 aromatic carbocycles. The smallest absolute Gasteiger partial charge is 0.279 e. The van der Waals surface area contributed by atoms with Crippen molar-refractivity contribution in [3.8, 4) is 0 Å². The van der Waals surface area contributed by atoms with Gasteiger partial charge in [0.1, 0.15) is 0 Å². The van der Waals surface area contributed by atoms with Crippen LogP contribution in [0.3, 0.4) is 0 Å². The number of benzene rings is 1. The standard InChI is InChI=1S/C18H28ClN3O2S/c19-17-7-5-16(6-8-17)15-21-13-9-18(10-14-21)20-25(23,24)22-11-3-1-2-4-12-22/h5-8,18,20H,1-4,9-15H2. The van der Waals surface area contributed by atoms with Crippen LogP contribution in [0, 0.1) is 0 Å². The van der Waals surface area contributed by atoms with Crippen LogP contribution in [0.2, 0.25) is 5.02 Å². The molecule has 5 nitrogen and oxygen atoms in total. The fourth-order valence-electron chi connectivity index (χ4n) is 3.62. The van der Waals surface area contributed by atoms with Crippen LogP contribution >= 0.6 is 11.6 Å². The van der Waals surface area contributed by atoms with E-state index in [9.17, 15) is 8.42 Å². The Balaban J connectivity index is 1.47. The number of rotatable bonds is 5. The van der Waals surface area contributed by atoms with Gasteiger partial charge in [0.25, 0.3) is 10.2 Å². The minimum atomic E-state index is -3.34. The quantitative estimate of drug-likeness (QED) is 0.847. The van der Waals surface area contributed by atoms with Crippen LogP contribution in [0.25, 0.3) is 0 Å². The highest BCUT2D eigenvalue weighted by atomic mass is 35.5. The molecule has 2 fully saturated rings. The summed E-state index contributed by atoms with van der Waals surface area (Å²) in [6.45, 7) is 4.03. The minimum Gasteiger partial charge on any atom is -0.299 e. The molecule has 1 aromatic rings. The average molecular weight is 386 g/mol. The number of piperidine rings is 1. The Morgan fingerprint density at radius 3 is 2.16 bits per heavy atom. The van der Waals surface area contributed by atoms with E-state index in [-0.39, 0.29) is 6.04 Å². The SMILES string of the molecule is O=S(=O)(NC1CCN(Cc2ccc(Cl)cc2)CC1)N1CCCCCC1. The molecule has 3 rings (SSSR count). The Labute approximate surface area is 156 Å². The monoisotopic (exact) mass is 385 g/mol. The van der Waals surface area contributed by atoms with Gasteiger partial charge in [-0.3, -0.25) is 4.90 Å². The molecule has 1 N–H and O–H groups in total. The van der Waals surface area contributed by atoms with Crippen molar-refractivity contribution in [2.45, 2.75) is 51.1 Å². The van der Waals surface area contributed by atoms with Crippen LogP contribution in [-0.4, -0.2) is 49.8 Å². The highest BCUT2D eigenvalue weighted by molar-refractivity contribution is 7.87. The largest absolute Gasteiger partial charge is 0.299 e. The fraction of sp³-hybridized carbons (Fsp3) is 0.667. The molecule has 0 bridgehead atoms. The predicted molar refractivity (Wildman–Crippen MR) is 102 cm³/mol. The van der Waals surface area contributed by atoms with Gasteiger partial charge in [-0.25, -0.2) is 0 Å². The molecule has 2 aliphatic rings. The first-order valence-corrected chi connectivity index (χ1v) is 11.1. The first kappa shape index (κ1) is 19.1. The Kier molecular flexibility index (Phi) is 6.74. The van der Waals surface area contributed by atoms with Crippen molar-refractivity contribution in [3.63, 3.8) is 0 Å². The lowest BCUT2D eigenvalue weighted by Crippen LogP contribution is -2.49. The number of nitrogens with zero attached hydrogens (tertiary/aromatic N) is 2. The Morgan fingerprint density at radius 1 is 0.960 bits per heavy atom. The van der Waals surface area contributed by atoms with Crippen LogP contribution in [0.5, 0.6) is 0 Å². The van der Waals surface area contributed by atoms with E-state index in [4.69, 9.17) is 11.6 Å². The van der Waals surface area contributed by atoms with Gasteiger partial charge in [-0.1, -0.05) is 36.6 Å². The topological polar surface area (TPSA) is 52.7 Å². The van der Waals surface area contributed by atoms with E-state index in [1.807, 2.05) is 12.1 Å². The third kappa shape index (κ3) is 5.66. The number of nitrogens with one attached hydrogen (secondary N) is 1. The van der Waals surface area contributed by atoms with Crippen molar-refractivity contribution < 1.29 is 8.42 Å². The molecular formula is C18H28ClN3O2S. The molecule has 140 valence electrons. The van der Waals surface area contributed by atoms with Crippen LogP contribution in [-0.2, 0) is 16.8 Å². The third-order valence-electron chi connectivity index (χ3n) is 5.13. The van der Waals surface area contributed by atoms with Crippen molar-refractivity contribution in [1.29, 1.82) is 0 Å². The summed E-state index contributed by atoms with van der Waals surface area (Å²) in [6, 6.07) is 7.99. The van der Waals surface area contributed by atoms with Gasteiger partial charge in [-0.2, -0.15) is 17.4 Å². The van der Waals surface area contributed by atoms with Crippen molar-refractivity contribution in [3.05, 3.63) is 34.9 Å². The summed E-state index contributed by atoms with van der Waals surface area (Å²) in [5.41, 5.74) is 1.24. The van der Waals surface area contributed by atoms with Crippen molar-refractivity contribution in [2.75, 3.05) is 26.2 Å². The molecule has 2 aliphatic heterocycles. The summed E-state index contributed by atoms with van der Waals surface area (Å²) in [4.78, 5) is 2.37. The third-order valence-corrected chi connectivity index (χ3v) is 7.06. The molecule has 0 saturated carbocycles. The van der Waals surface area contributed by atoms with Gasteiger partial charge in [0.05, 0.1) is 0 Å². The molecule has 7 heteroatoms. The molecule has 2 saturated heterocycles. The maximum absolute atomic E-state index is 12.6. The molecular weight excluding hydrogens is 358 g/mol. The van der Waals surface area contributed by atoms with Gasteiger partial charge in [0, 0.05) is 43.8 Å². The van der Waals surface area contributed by atoms with Gasteiger partial charge in [0.15, 0.2) is 0 Å². The van der Waals surface area contributed by atoms with E-state index >= 15 is 0 Å². The second-order valence-electron chi connectivity index (χ2n) is 7.11. The van der Waals surface area contributed by atoms with E-state index < -0.39 is 10.2 Å². The summed E-state index contributed by atoms with van der Waals surface area (Å²) >= 11 is 5.93. The van der Waals surface area contributed by atoms with Gasteiger partial charge >= 0.3 is 0 Å². The van der Waals surface area contributed by atoms with Gasteiger partial charge in [0.2, 0.25) is 0 Å². The Morgan fingerprint density at radius 2 is 1.56 bits per heavy atom. The van der Waals surface area contributed by atoms with Gasteiger partial charge in [-0.05, 0) is 43.4 Å². The Bertz CT molecular complexity index is 635. The van der Waals surface area contributed by atoms with Crippen molar-refractivity contribution in [1.82, 2.24) is 13.9 Å². The second kappa shape index (κ2) is 8.82. The summed E-state index contributed by atoms with van der Waals surface area (Å²) in [6.07, 6.45) is 5.94. The van der Waals surface area contributed by atoms with Gasteiger partial charge in [-0.15, -0.1) is 0 Å². The summed E-state index contributed by atoms with van der Waals surface area (Å²) in [7, 11) is -3.34. The van der Waals surface area contributed by atoms with Crippen molar-refractivity contribution in [2.24, 2.45) is 0 Å². The van der Waals surface area contributed by atoms with E-state index in [1.165, 1.54) is 5.56 Å². The molecule has 0 radical (unpaired) electrons. The van der Waals surface area contributed by atoms with E-state index in [0.717, 1.165) is 63.2 Å². The normalized spacial score (nSPS) is 22.0. The van der Waals surface area contributed by atoms with E-state index in [2.05, 4.69) is 21.8 Å². The lowest BCUT2D eigenvalue weighted by Gasteiger charge is -2.33. The molecule has 0 aromatic heterocycles. The molecule has 25 heavy (non-hydrogen) atoms. The number of hydrogen-bond acceptors (Lipinski definition) is 3. The summed E-state index contributed by atoms with van der Waals surface area (Å²) in [5.74, 6) is 0. The first-order valence-electron chi connectivity index (χ1n) is 9.27.